The van der Waals surface area contributed by atoms with Crippen LogP contribution in [0.25, 0.3) is 22.1 Å². The van der Waals surface area contributed by atoms with Crippen molar-refractivity contribution in [3.63, 3.8) is 0 Å². The molecule has 4 rings (SSSR count). The van der Waals surface area contributed by atoms with E-state index in [1.807, 2.05) is 30.3 Å². The number of carbonyl (C=O) groups is 1. The fraction of sp³-hybridized carbons (Fsp3) is 0.348. The van der Waals surface area contributed by atoms with E-state index in [2.05, 4.69) is 23.5 Å². The average molecular weight is 379 g/mol. The molecule has 0 unspecified atom stereocenters. The number of benzene rings is 2. The Morgan fingerprint density at radius 2 is 1.79 bits per heavy atom. The maximum atomic E-state index is 13.0. The number of aliphatic hydroxyl groups is 1. The maximum absolute atomic E-state index is 13.0. The van der Waals surface area contributed by atoms with Gasteiger partial charge in [0.1, 0.15) is 5.58 Å². The monoisotopic (exact) mass is 379 g/mol. The molecule has 1 saturated heterocycles. The van der Waals surface area contributed by atoms with Gasteiger partial charge in [0.15, 0.2) is 0 Å². The van der Waals surface area contributed by atoms with Crippen molar-refractivity contribution < 1.29 is 19.1 Å². The third kappa shape index (κ3) is 3.55. The summed E-state index contributed by atoms with van der Waals surface area (Å²) in [6.45, 7) is 1.36. The molecule has 0 bridgehead atoms. The van der Waals surface area contributed by atoms with Crippen LogP contribution in [-0.4, -0.2) is 37.4 Å². The molecule has 28 heavy (non-hydrogen) atoms. The smallest absolute Gasteiger partial charge is 0.226 e. The molecule has 2 heterocycles. The number of para-hydroxylation sites is 1. The molecule has 0 spiro atoms. The summed E-state index contributed by atoms with van der Waals surface area (Å²) in [5.41, 5.74) is 3.59. The molecular formula is C23H25NO4. The average Bonchev–Trinajstić information content (AvgIpc) is 3.17. The lowest BCUT2D eigenvalue weighted by atomic mass is 9.73. The van der Waals surface area contributed by atoms with Crippen LogP contribution >= 0.6 is 0 Å². The summed E-state index contributed by atoms with van der Waals surface area (Å²) in [5, 5.41) is 13.1. The van der Waals surface area contributed by atoms with Crippen LogP contribution in [0.5, 0.6) is 0 Å². The molecule has 1 fully saturated rings. The molecule has 2 N–H and O–H groups in total. The molecule has 1 amide bonds. The van der Waals surface area contributed by atoms with Crippen LogP contribution in [0.1, 0.15) is 18.4 Å². The summed E-state index contributed by atoms with van der Waals surface area (Å²) in [4.78, 5) is 13.0. The van der Waals surface area contributed by atoms with Gasteiger partial charge in [-0.2, -0.15) is 0 Å². The summed E-state index contributed by atoms with van der Waals surface area (Å²) < 4.78 is 11.3. The first-order valence-electron chi connectivity index (χ1n) is 9.75. The Bertz CT molecular complexity index is 956. The minimum absolute atomic E-state index is 0.00305. The van der Waals surface area contributed by atoms with Crippen molar-refractivity contribution in [2.24, 2.45) is 5.41 Å². The van der Waals surface area contributed by atoms with Gasteiger partial charge in [0.2, 0.25) is 5.91 Å². The Morgan fingerprint density at radius 1 is 1.04 bits per heavy atom. The fourth-order valence-electron chi connectivity index (χ4n) is 4.09. The van der Waals surface area contributed by atoms with E-state index >= 15 is 0 Å². The third-order valence-corrected chi connectivity index (χ3v) is 5.65. The minimum Gasteiger partial charge on any atom is -0.464 e. The Balaban J connectivity index is 1.72. The van der Waals surface area contributed by atoms with E-state index in [1.54, 1.807) is 6.26 Å². The predicted molar refractivity (Wildman–Crippen MR) is 108 cm³/mol. The molecule has 0 aliphatic carbocycles. The van der Waals surface area contributed by atoms with Gasteiger partial charge >= 0.3 is 0 Å². The number of furan rings is 1. The van der Waals surface area contributed by atoms with E-state index < -0.39 is 5.41 Å². The molecule has 0 saturated carbocycles. The first-order chi connectivity index (χ1) is 13.7. The van der Waals surface area contributed by atoms with Crippen LogP contribution in [0.3, 0.4) is 0 Å². The van der Waals surface area contributed by atoms with Crippen LogP contribution in [0.15, 0.2) is 59.2 Å². The Labute approximate surface area is 164 Å². The Kier molecular flexibility index (Phi) is 5.46. The van der Waals surface area contributed by atoms with Crippen molar-refractivity contribution in [1.82, 2.24) is 5.32 Å². The molecule has 5 nitrogen and oxygen atoms in total. The first kappa shape index (κ1) is 18.7. The van der Waals surface area contributed by atoms with Crippen molar-refractivity contribution in [2.75, 3.05) is 26.4 Å². The molecule has 2 aromatic carbocycles. The van der Waals surface area contributed by atoms with E-state index in [0.29, 0.717) is 32.5 Å². The number of hydrogen-bond acceptors (Lipinski definition) is 4. The Morgan fingerprint density at radius 3 is 2.61 bits per heavy atom. The highest BCUT2D eigenvalue weighted by Gasteiger charge is 2.40. The second-order valence-corrected chi connectivity index (χ2v) is 7.35. The number of hydrogen-bond donors (Lipinski definition) is 2. The number of rotatable bonds is 6. The van der Waals surface area contributed by atoms with Gasteiger partial charge in [-0.15, -0.1) is 0 Å². The summed E-state index contributed by atoms with van der Waals surface area (Å²) in [6, 6.07) is 16.2. The highest BCUT2D eigenvalue weighted by atomic mass is 16.5. The van der Waals surface area contributed by atoms with Gasteiger partial charge in [-0.1, -0.05) is 42.5 Å². The zero-order chi connectivity index (χ0) is 19.4. The van der Waals surface area contributed by atoms with Gasteiger partial charge in [0.05, 0.1) is 18.3 Å². The quantitative estimate of drug-likeness (QED) is 0.687. The molecule has 1 aromatic heterocycles. The molecule has 0 atom stereocenters. The summed E-state index contributed by atoms with van der Waals surface area (Å²) in [5.74, 6) is -0.00305. The predicted octanol–water partition coefficient (Wildman–Crippen LogP) is 3.55. The van der Waals surface area contributed by atoms with E-state index in [0.717, 1.165) is 27.7 Å². The SMILES string of the molecule is O=C(NCCO)C1(Cc2ccccc2-c2coc3ccccc23)CCOCC1. The molecule has 5 heteroatoms. The van der Waals surface area contributed by atoms with Gasteiger partial charge < -0.3 is 19.6 Å². The van der Waals surface area contributed by atoms with Crippen molar-refractivity contribution in [3.8, 4) is 11.1 Å². The zero-order valence-corrected chi connectivity index (χ0v) is 15.8. The second-order valence-electron chi connectivity index (χ2n) is 7.35. The van der Waals surface area contributed by atoms with Crippen LogP contribution in [0.2, 0.25) is 0 Å². The van der Waals surface area contributed by atoms with Crippen molar-refractivity contribution >= 4 is 16.9 Å². The number of nitrogens with one attached hydrogen (secondary N) is 1. The lowest BCUT2D eigenvalue weighted by molar-refractivity contribution is -0.136. The third-order valence-electron chi connectivity index (χ3n) is 5.65. The summed E-state index contributed by atoms with van der Waals surface area (Å²) in [6.07, 6.45) is 3.77. The second kappa shape index (κ2) is 8.17. The van der Waals surface area contributed by atoms with E-state index in [4.69, 9.17) is 14.3 Å². The van der Waals surface area contributed by atoms with Crippen molar-refractivity contribution in [3.05, 3.63) is 60.4 Å². The molecule has 1 aliphatic heterocycles. The van der Waals surface area contributed by atoms with Crippen LogP contribution in [-0.2, 0) is 16.0 Å². The number of carbonyl (C=O) groups excluding carboxylic acids is 1. The fourth-order valence-corrected chi connectivity index (χ4v) is 4.09. The molecule has 3 aromatic rings. The lowest BCUT2D eigenvalue weighted by Gasteiger charge is -2.36. The maximum Gasteiger partial charge on any atom is 0.226 e. The molecule has 1 aliphatic rings. The number of ether oxygens (including phenoxy) is 1. The molecular weight excluding hydrogens is 354 g/mol. The van der Waals surface area contributed by atoms with Gasteiger partial charge in [-0.05, 0) is 36.5 Å². The van der Waals surface area contributed by atoms with E-state index in [1.165, 1.54) is 0 Å². The van der Waals surface area contributed by atoms with Gasteiger partial charge in [-0.3, -0.25) is 4.79 Å². The molecule has 146 valence electrons. The van der Waals surface area contributed by atoms with Crippen LogP contribution < -0.4 is 5.32 Å². The molecule has 0 radical (unpaired) electrons. The van der Waals surface area contributed by atoms with Crippen LogP contribution in [0.4, 0.5) is 0 Å². The first-order valence-corrected chi connectivity index (χ1v) is 9.75. The normalized spacial score (nSPS) is 16.2. The summed E-state index contributed by atoms with van der Waals surface area (Å²) in [7, 11) is 0. The van der Waals surface area contributed by atoms with E-state index in [9.17, 15) is 4.79 Å². The van der Waals surface area contributed by atoms with Crippen molar-refractivity contribution in [2.45, 2.75) is 19.3 Å². The van der Waals surface area contributed by atoms with Crippen LogP contribution in [0, 0.1) is 5.41 Å². The number of fused-ring (bicyclic) bond motifs is 1. The summed E-state index contributed by atoms with van der Waals surface area (Å²) >= 11 is 0. The zero-order valence-electron chi connectivity index (χ0n) is 15.8. The highest BCUT2D eigenvalue weighted by molar-refractivity contribution is 5.95. The van der Waals surface area contributed by atoms with Crippen molar-refractivity contribution in [1.29, 1.82) is 0 Å². The standard InChI is InChI=1S/C23H25NO4/c25-12-11-24-22(26)23(9-13-27-14-10-23)15-17-5-1-2-6-18(17)20-16-28-21-8-4-3-7-19(20)21/h1-8,16,25H,9-15H2,(H,24,26). The van der Waals surface area contributed by atoms with Gasteiger partial charge in [0, 0.05) is 30.7 Å². The van der Waals surface area contributed by atoms with E-state index in [-0.39, 0.29) is 19.1 Å². The largest absolute Gasteiger partial charge is 0.464 e. The number of amides is 1. The highest BCUT2D eigenvalue weighted by Crippen LogP contribution is 2.39. The van der Waals surface area contributed by atoms with Gasteiger partial charge in [0.25, 0.3) is 0 Å². The Hall–Kier alpha value is -2.63. The topological polar surface area (TPSA) is 71.7 Å². The van der Waals surface area contributed by atoms with Gasteiger partial charge in [-0.25, -0.2) is 0 Å². The lowest BCUT2D eigenvalue weighted by Crippen LogP contribution is -2.46. The minimum atomic E-state index is -0.525. The number of aliphatic hydroxyl groups excluding tert-OH is 1.